The summed E-state index contributed by atoms with van der Waals surface area (Å²) in [6.07, 6.45) is 0.696. The van der Waals surface area contributed by atoms with Crippen LogP contribution in [-0.2, 0) is 0 Å². The lowest BCUT2D eigenvalue weighted by Gasteiger charge is -2.26. The Hall–Kier alpha value is -1.18. The van der Waals surface area contributed by atoms with Crippen LogP contribution >= 0.6 is 0 Å². The van der Waals surface area contributed by atoms with Crippen molar-refractivity contribution in [3.05, 3.63) is 35.6 Å². The molecule has 1 aliphatic carbocycles. The Bertz CT molecular complexity index is 437. The van der Waals surface area contributed by atoms with Gasteiger partial charge in [-0.15, -0.1) is 0 Å². The molecule has 0 bridgehead atoms. The second-order valence-corrected chi connectivity index (χ2v) is 6.01. The van der Waals surface area contributed by atoms with Gasteiger partial charge in [0.2, 0.25) is 0 Å². The molecular weight excluding hydrogens is 276 g/mol. The summed E-state index contributed by atoms with van der Waals surface area (Å²) < 4.78 is 0. The highest BCUT2D eigenvalue weighted by Crippen LogP contribution is 2.31. The molecule has 0 aromatic heterocycles. The Morgan fingerprint density at radius 3 is 2.38 bits per heavy atom. The second kappa shape index (κ2) is 7.20. The van der Waals surface area contributed by atoms with Crippen LogP contribution in [-0.4, -0.2) is 61.7 Å². The van der Waals surface area contributed by atoms with E-state index in [1.165, 1.54) is 6.08 Å². The molecule has 120 valence electrons. The number of aliphatic hydroxyl groups excluding tert-OH is 6. The van der Waals surface area contributed by atoms with Gasteiger partial charge in [0.05, 0.1) is 6.61 Å². The highest BCUT2D eigenvalue weighted by molar-refractivity contribution is 5.32. The average molecular weight is 300 g/mol. The summed E-state index contributed by atoms with van der Waals surface area (Å²) in [6.45, 7) is 3.28. The lowest BCUT2D eigenvalue weighted by molar-refractivity contribution is -0.113. The lowest BCUT2D eigenvalue weighted by atomic mass is 9.82. The predicted molar refractivity (Wildman–Crippen MR) is 77.4 cm³/mol. The molecule has 0 aromatic carbocycles. The van der Waals surface area contributed by atoms with Crippen molar-refractivity contribution in [1.82, 2.24) is 0 Å². The van der Waals surface area contributed by atoms with E-state index in [-0.39, 0.29) is 5.41 Å². The molecule has 4 atom stereocenters. The summed E-state index contributed by atoms with van der Waals surface area (Å²) in [4.78, 5) is 0. The molecule has 6 nitrogen and oxygen atoms in total. The van der Waals surface area contributed by atoms with Crippen LogP contribution < -0.4 is 0 Å². The van der Waals surface area contributed by atoms with Gasteiger partial charge in [-0.3, -0.25) is 0 Å². The summed E-state index contributed by atoms with van der Waals surface area (Å²) in [5.41, 5.74) is 0.695. The molecule has 0 fully saturated rings. The van der Waals surface area contributed by atoms with E-state index in [1.54, 1.807) is 6.08 Å². The Morgan fingerprint density at radius 1 is 1.24 bits per heavy atom. The van der Waals surface area contributed by atoms with Gasteiger partial charge in [0.25, 0.3) is 0 Å². The van der Waals surface area contributed by atoms with Crippen LogP contribution in [0.15, 0.2) is 35.6 Å². The standard InChI is InChI=1S/C15H24O6/c1-15(2)5-3-4-9(7-15)6-10(17)12(19)14(21)13(20)11(18)8-16/h3-6,11-14,16-21H,7-8H2,1-2H3/t11-,12+,13-,14-/m1/s1. The van der Waals surface area contributed by atoms with Gasteiger partial charge in [-0.2, -0.15) is 0 Å². The molecular formula is C15H24O6. The summed E-state index contributed by atoms with van der Waals surface area (Å²) in [5, 5.41) is 56.8. The van der Waals surface area contributed by atoms with Gasteiger partial charge >= 0.3 is 0 Å². The number of allylic oxidation sites excluding steroid dienone is 5. The first kappa shape index (κ1) is 17.9. The van der Waals surface area contributed by atoms with E-state index < -0.39 is 36.8 Å². The van der Waals surface area contributed by atoms with E-state index in [0.29, 0.717) is 6.42 Å². The molecule has 0 saturated heterocycles. The van der Waals surface area contributed by atoms with E-state index >= 15 is 0 Å². The largest absolute Gasteiger partial charge is 0.509 e. The highest BCUT2D eigenvalue weighted by atomic mass is 16.4. The minimum absolute atomic E-state index is 0.0724. The molecule has 0 saturated carbocycles. The first-order chi connectivity index (χ1) is 9.68. The third-order valence-corrected chi connectivity index (χ3v) is 3.41. The molecule has 0 radical (unpaired) electrons. The van der Waals surface area contributed by atoms with Crippen LogP contribution in [0.4, 0.5) is 0 Å². The van der Waals surface area contributed by atoms with Crippen molar-refractivity contribution in [3.63, 3.8) is 0 Å². The number of hydrogen-bond acceptors (Lipinski definition) is 6. The van der Waals surface area contributed by atoms with Crippen molar-refractivity contribution >= 4 is 0 Å². The molecule has 1 rings (SSSR count). The van der Waals surface area contributed by atoms with Crippen molar-refractivity contribution in [1.29, 1.82) is 0 Å². The Kier molecular flexibility index (Phi) is 6.12. The third-order valence-electron chi connectivity index (χ3n) is 3.41. The molecule has 0 amide bonds. The van der Waals surface area contributed by atoms with Crippen LogP contribution in [0.1, 0.15) is 20.3 Å². The van der Waals surface area contributed by atoms with Gasteiger partial charge in [-0.1, -0.05) is 32.1 Å². The van der Waals surface area contributed by atoms with Gasteiger partial charge in [0.1, 0.15) is 30.2 Å². The summed E-state index contributed by atoms with van der Waals surface area (Å²) in [6, 6.07) is 0. The van der Waals surface area contributed by atoms with Crippen LogP contribution in [0.25, 0.3) is 0 Å². The van der Waals surface area contributed by atoms with Crippen LogP contribution in [0.3, 0.4) is 0 Å². The van der Waals surface area contributed by atoms with Crippen molar-refractivity contribution in [3.8, 4) is 0 Å². The first-order valence-corrected chi connectivity index (χ1v) is 6.80. The van der Waals surface area contributed by atoms with Crippen LogP contribution in [0, 0.1) is 5.41 Å². The molecule has 0 spiro atoms. The number of rotatable bonds is 6. The Balaban J connectivity index is 2.78. The maximum atomic E-state index is 9.84. The van der Waals surface area contributed by atoms with Crippen molar-refractivity contribution in [2.24, 2.45) is 5.41 Å². The average Bonchev–Trinajstić information content (AvgIpc) is 2.42. The number of aliphatic hydroxyl groups is 6. The Labute approximate surface area is 124 Å². The van der Waals surface area contributed by atoms with Crippen LogP contribution in [0.5, 0.6) is 0 Å². The van der Waals surface area contributed by atoms with E-state index in [9.17, 15) is 25.5 Å². The maximum Gasteiger partial charge on any atom is 0.139 e. The zero-order chi connectivity index (χ0) is 16.2. The normalized spacial score (nSPS) is 24.1. The molecule has 0 heterocycles. The Morgan fingerprint density at radius 2 is 1.86 bits per heavy atom. The SMILES string of the molecule is CC1(C)C=CC=C(C=C(O)[C@H](O)[C@@H](O)[C@H](O)[C@H](O)CO)C1. The fourth-order valence-corrected chi connectivity index (χ4v) is 2.15. The van der Waals surface area contributed by atoms with Gasteiger partial charge in [0.15, 0.2) is 0 Å². The van der Waals surface area contributed by atoms with Gasteiger partial charge < -0.3 is 30.6 Å². The topological polar surface area (TPSA) is 121 Å². The summed E-state index contributed by atoms with van der Waals surface area (Å²) >= 11 is 0. The minimum Gasteiger partial charge on any atom is -0.509 e. The molecule has 0 aliphatic heterocycles. The second-order valence-electron chi connectivity index (χ2n) is 6.01. The molecule has 0 aromatic rings. The quantitative estimate of drug-likeness (QED) is 0.377. The van der Waals surface area contributed by atoms with E-state index in [4.69, 9.17) is 5.11 Å². The predicted octanol–water partition coefficient (Wildman–Crippen LogP) is -0.223. The number of hydrogen-bond donors (Lipinski definition) is 6. The summed E-state index contributed by atoms with van der Waals surface area (Å²) in [7, 11) is 0. The maximum absolute atomic E-state index is 9.84. The molecule has 0 unspecified atom stereocenters. The molecule has 6 N–H and O–H groups in total. The van der Waals surface area contributed by atoms with Crippen LogP contribution in [0.2, 0.25) is 0 Å². The van der Waals surface area contributed by atoms with Gasteiger partial charge in [0, 0.05) is 0 Å². The lowest BCUT2D eigenvalue weighted by Crippen LogP contribution is -2.46. The van der Waals surface area contributed by atoms with Crippen molar-refractivity contribution in [2.75, 3.05) is 6.61 Å². The highest BCUT2D eigenvalue weighted by Gasteiger charge is 2.32. The fraction of sp³-hybridized carbons (Fsp3) is 0.600. The van der Waals surface area contributed by atoms with E-state index in [2.05, 4.69) is 0 Å². The molecule has 1 aliphatic rings. The minimum atomic E-state index is -1.81. The van der Waals surface area contributed by atoms with E-state index in [1.807, 2.05) is 26.0 Å². The molecule has 6 heteroatoms. The fourth-order valence-electron chi connectivity index (χ4n) is 2.15. The molecule has 21 heavy (non-hydrogen) atoms. The van der Waals surface area contributed by atoms with Gasteiger partial charge in [-0.25, -0.2) is 0 Å². The zero-order valence-electron chi connectivity index (χ0n) is 12.2. The van der Waals surface area contributed by atoms with Gasteiger partial charge in [-0.05, 0) is 23.5 Å². The monoisotopic (exact) mass is 300 g/mol. The first-order valence-electron chi connectivity index (χ1n) is 6.80. The van der Waals surface area contributed by atoms with Crippen molar-refractivity contribution < 1.29 is 30.6 Å². The van der Waals surface area contributed by atoms with Crippen molar-refractivity contribution in [2.45, 2.75) is 44.7 Å². The van der Waals surface area contributed by atoms with E-state index in [0.717, 1.165) is 5.57 Å². The smallest absolute Gasteiger partial charge is 0.139 e. The third kappa shape index (κ3) is 4.94. The summed E-state index contributed by atoms with van der Waals surface area (Å²) in [5.74, 6) is -0.510. The zero-order valence-corrected chi connectivity index (χ0v) is 12.2.